The Morgan fingerprint density at radius 1 is 0.944 bits per heavy atom. The van der Waals surface area contributed by atoms with Crippen molar-refractivity contribution in [3.05, 3.63) is 0 Å². The molecule has 0 aliphatic rings. The number of hydrogen-bond donors (Lipinski definition) is 5. The molecule has 0 amide bonds. The van der Waals surface area contributed by atoms with Crippen LogP contribution in [0.1, 0.15) is 2.85 Å². The maximum absolute atomic E-state index is 9.50. The molecule has 0 rings (SSSR count). The Balaban J connectivity index is -0.0000000482. The third-order valence-electron chi connectivity index (χ3n) is 0.577. The van der Waals surface area contributed by atoms with Gasteiger partial charge in [0.15, 0.2) is 0 Å². The number of phosphoric acid groups is 1. The molecular formula is H7B4Li2O11P. The minimum atomic E-state index is -4.64. The molecule has 0 spiro atoms. The van der Waals surface area contributed by atoms with E-state index in [-0.39, 0.29) is 55.3 Å². The van der Waals surface area contributed by atoms with Crippen molar-refractivity contribution in [3.8, 4) is 0 Å². The van der Waals surface area contributed by atoms with Crippen molar-refractivity contribution >= 4 is 37.2 Å². The quantitative estimate of drug-likeness (QED) is 0.228. The predicted octanol–water partition coefficient (Wildman–Crippen LogP) is -9.78. The van der Waals surface area contributed by atoms with Crippen LogP contribution in [0.5, 0.6) is 0 Å². The molecule has 0 atom stereocenters. The minimum Gasteiger partial charge on any atom is -1.00 e. The monoisotopic (exact) mass is 272 g/mol. The van der Waals surface area contributed by atoms with E-state index in [4.69, 9.17) is 29.3 Å². The molecular weight excluding hydrogens is 264 g/mol. The normalized spacial score (nSPS) is 7.83. The minimum absolute atomic E-state index is 0. The fourth-order valence-electron chi connectivity index (χ4n) is 0.259. The zero-order valence-electron chi connectivity index (χ0n) is 11.4. The van der Waals surface area contributed by atoms with Gasteiger partial charge in [-0.25, -0.2) is 4.57 Å². The molecule has 0 unspecified atom stereocenters. The molecule has 18 heteroatoms. The summed E-state index contributed by atoms with van der Waals surface area (Å²) in [6.07, 6.45) is 0. The zero-order valence-corrected chi connectivity index (χ0v) is 10.3. The Kier molecular flexibility index (Phi) is 23.6. The van der Waals surface area contributed by atoms with E-state index in [0.29, 0.717) is 0 Å². The van der Waals surface area contributed by atoms with Crippen LogP contribution in [0.2, 0.25) is 0 Å². The molecule has 0 radical (unpaired) electrons. The van der Waals surface area contributed by atoms with Gasteiger partial charge in [0.2, 0.25) is 0 Å². The summed E-state index contributed by atoms with van der Waals surface area (Å²) in [5.41, 5.74) is 0. The van der Waals surface area contributed by atoms with Crippen molar-refractivity contribution in [2.45, 2.75) is 0 Å². The van der Waals surface area contributed by atoms with Crippen LogP contribution < -0.4 is 37.7 Å². The molecule has 0 aliphatic carbocycles. The zero-order chi connectivity index (χ0) is 13.2. The Hall–Kier alpha value is 0.645. The van der Waals surface area contributed by atoms with E-state index in [9.17, 15) is 9.41 Å². The average Bonchev–Trinajstić information content (AvgIpc) is 2.00. The summed E-state index contributed by atoms with van der Waals surface area (Å²) in [6.45, 7) is 0. The number of hydrogen-bond acceptors (Lipinski definition) is 8. The van der Waals surface area contributed by atoms with Crippen LogP contribution in [-0.4, -0.2) is 54.1 Å². The summed E-state index contributed by atoms with van der Waals surface area (Å²) in [5, 5.41) is 16.8. The molecule has 11 nitrogen and oxygen atoms in total. The standard InChI is InChI=1S/B4H2O7.2Li.H3O4P.2H/c5-1-9-3(7)11-4(8)10-2-6;;;1-5(2,3)4;;/h7-8H;;;(H3,1,2,3,4);;/q;2*+1;;2*-1. The molecule has 0 aromatic rings. The first-order chi connectivity index (χ1) is 7.20. The molecule has 0 saturated carbocycles. The van der Waals surface area contributed by atoms with Crippen LogP contribution in [0, 0.1) is 0 Å². The van der Waals surface area contributed by atoms with Gasteiger partial charge in [-0.3, -0.25) is 0 Å². The Morgan fingerprint density at radius 3 is 1.33 bits per heavy atom. The first-order valence-corrected chi connectivity index (χ1v) is 4.75. The van der Waals surface area contributed by atoms with Gasteiger partial charge in [0, 0.05) is 0 Å². The van der Waals surface area contributed by atoms with Crippen LogP contribution >= 0.6 is 7.82 Å². The Labute approximate surface area is 130 Å². The van der Waals surface area contributed by atoms with Crippen LogP contribution in [0.4, 0.5) is 0 Å². The summed E-state index contributed by atoms with van der Waals surface area (Å²) in [5.74, 6) is 0. The smallest absolute Gasteiger partial charge is 1.00 e. The van der Waals surface area contributed by atoms with Gasteiger partial charge >= 0.3 is 108 Å². The van der Waals surface area contributed by atoms with E-state index in [2.05, 4.69) is 13.7 Å². The molecule has 5 N–H and O–H groups in total. The van der Waals surface area contributed by atoms with Crippen LogP contribution in [0.25, 0.3) is 0 Å². The maximum Gasteiger partial charge on any atom is 1.00 e. The Bertz CT molecular complexity index is 230. The van der Waals surface area contributed by atoms with Gasteiger partial charge in [0.05, 0.1) is 0 Å². The van der Waals surface area contributed by atoms with Crippen molar-refractivity contribution in [1.29, 1.82) is 0 Å². The van der Waals surface area contributed by atoms with E-state index < -0.39 is 22.5 Å². The SMILES string of the molecule is O=BOB(O)OB(O)OB=O.O=P(O)(O)O.[H-].[H-].[Li+].[Li+]. The summed E-state index contributed by atoms with van der Waals surface area (Å²) < 4.78 is 39.3. The van der Waals surface area contributed by atoms with Crippen LogP contribution in [0.15, 0.2) is 0 Å². The summed E-state index contributed by atoms with van der Waals surface area (Å²) in [7, 11) is -8.75. The molecule has 0 aliphatic heterocycles. The van der Waals surface area contributed by atoms with Crippen molar-refractivity contribution in [2.24, 2.45) is 0 Å². The van der Waals surface area contributed by atoms with E-state index in [1.165, 1.54) is 0 Å². The van der Waals surface area contributed by atoms with E-state index >= 15 is 0 Å². The van der Waals surface area contributed by atoms with Gasteiger partial charge < -0.3 is 17.5 Å². The molecule has 0 fully saturated rings. The third-order valence-corrected chi connectivity index (χ3v) is 0.577. The molecule has 92 valence electrons. The van der Waals surface area contributed by atoms with Crippen LogP contribution in [-0.2, 0) is 27.7 Å². The van der Waals surface area contributed by atoms with E-state index in [1.807, 2.05) is 0 Å². The molecule has 0 aromatic carbocycles. The summed E-state index contributed by atoms with van der Waals surface area (Å²) in [6, 6.07) is 0. The summed E-state index contributed by atoms with van der Waals surface area (Å²) >= 11 is 0. The van der Waals surface area contributed by atoms with Gasteiger partial charge in [-0.05, 0) is 0 Å². The Morgan fingerprint density at radius 2 is 1.17 bits per heavy atom. The molecule has 0 bridgehead atoms. The molecule has 0 aromatic heterocycles. The second kappa shape index (κ2) is 15.7. The van der Waals surface area contributed by atoms with Gasteiger partial charge in [0.1, 0.15) is 0 Å². The largest absolute Gasteiger partial charge is 1.00 e. The van der Waals surface area contributed by atoms with Crippen LogP contribution in [0.3, 0.4) is 0 Å². The van der Waals surface area contributed by atoms with Crippen molar-refractivity contribution in [3.63, 3.8) is 0 Å². The third kappa shape index (κ3) is 36.0. The van der Waals surface area contributed by atoms with Crippen molar-refractivity contribution in [1.82, 2.24) is 0 Å². The second-order valence-corrected chi connectivity index (χ2v) is 2.75. The van der Waals surface area contributed by atoms with E-state index in [1.54, 1.807) is 0 Å². The van der Waals surface area contributed by atoms with Gasteiger partial charge in [-0.1, -0.05) is 0 Å². The maximum atomic E-state index is 9.50. The molecule has 0 saturated heterocycles. The first-order valence-electron chi connectivity index (χ1n) is 3.18. The fraction of sp³-hybridized carbons (Fsp3) is 0. The van der Waals surface area contributed by atoms with Crippen molar-refractivity contribution in [2.75, 3.05) is 0 Å². The van der Waals surface area contributed by atoms with E-state index in [0.717, 1.165) is 0 Å². The number of rotatable bonds is 6. The average molecular weight is 271 g/mol. The van der Waals surface area contributed by atoms with Gasteiger partial charge in [0.25, 0.3) is 0 Å². The fourth-order valence-corrected chi connectivity index (χ4v) is 0.259. The topological polar surface area (TPSA) is 180 Å². The van der Waals surface area contributed by atoms with Gasteiger partial charge in [-0.2, -0.15) is 0 Å². The molecule has 0 heterocycles. The second-order valence-electron chi connectivity index (χ2n) is 1.73. The predicted molar refractivity (Wildman–Crippen MR) is 48.6 cm³/mol. The summed E-state index contributed by atoms with van der Waals surface area (Å²) in [4.78, 5) is 21.6. The van der Waals surface area contributed by atoms with Crippen molar-refractivity contribution < 1.29 is 93.0 Å². The van der Waals surface area contributed by atoms with Gasteiger partial charge in [-0.15, -0.1) is 0 Å². The molecule has 18 heavy (non-hydrogen) atoms. The first kappa shape index (κ1) is 27.1.